The molecular formula is C19H25N5O3. The average molecular weight is 371 g/mol. The summed E-state index contributed by atoms with van der Waals surface area (Å²) in [6.07, 6.45) is 3.07. The molecule has 1 unspecified atom stereocenters. The number of amides is 1. The van der Waals surface area contributed by atoms with E-state index >= 15 is 0 Å². The van der Waals surface area contributed by atoms with Crippen LogP contribution in [-0.4, -0.2) is 56.6 Å². The van der Waals surface area contributed by atoms with Gasteiger partial charge < -0.3 is 4.90 Å². The van der Waals surface area contributed by atoms with E-state index in [1.807, 2.05) is 11.8 Å². The number of benzene rings is 1. The Balaban J connectivity index is 1.58. The lowest BCUT2D eigenvalue weighted by Crippen LogP contribution is -2.50. The van der Waals surface area contributed by atoms with Crippen LogP contribution in [0.25, 0.3) is 0 Å². The Morgan fingerprint density at radius 1 is 1.30 bits per heavy atom. The van der Waals surface area contributed by atoms with Crippen molar-refractivity contribution < 1.29 is 9.72 Å². The van der Waals surface area contributed by atoms with Crippen molar-refractivity contribution in [1.82, 2.24) is 19.6 Å². The van der Waals surface area contributed by atoms with E-state index < -0.39 is 11.0 Å². The molecular weight excluding hydrogens is 346 g/mol. The Morgan fingerprint density at radius 3 is 2.63 bits per heavy atom. The number of rotatable bonds is 6. The smallest absolute Gasteiger partial charge is 0.307 e. The molecule has 2 aromatic rings. The zero-order valence-corrected chi connectivity index (χ0v) is 15.7. The molecule has 2 heterocycles. The maximum absolute atomic E-state index is 12.9. The molecule has 1 aromatic carbocycles. The summed E-state index contributed by atoms with van der Waals surface area (Å²) in [7, 11) is 0. The monoisotopic (exact) mass is 371 g/mol. The molecule has 0 radical (unpaired) electrons. The Bertz CT molecular complexity index is 811. The third kappa shape index (κ3) is 4.51. The van der Waals surface area contributed by atoms with E-state index in [-0.39, 0.29) is 11.6 Å². The fourth-order valence-corrected chi connectivity index (χ4v) is 3.47. The number of carbonyl (C=O) groups excluding carboxylic acids is 1. The summed E-state index contributed by atoms with van der Waals surface area (Å²) < 4.78 is 1.42. The van der Waals surface area contributed by atoms with Crippen molar-refractivity contribution in [3.63, 3.8) is 0 Å². The molecule has 0 N–H and O–H groups in total. The van der Waals surface area contributed by atoms with Crippen LogP contribution in [0, 0.1) is 17.0 Å². The molecule has 144 valence electrons. The summed E-state index contributed by atoms with van der Waals surface area (Å²) in [5, 5.41) is 14.9. The predicted octanol–water partition coefficient (Wildman–Crippen LogP) is 2.40. The highest BCUT2D eigenvalue weighted by Gasteiger charge is 2.29. The molecule has 0 bridgehead atoms. The second-order valence-corrected chi connectivity index (χ2v) is 6.95. The summed E-state index contributed by atoms with van der Waals surface area (Å²) >= 11 is 0. The zero-order chi connectivity index (χ0) is 19.4. The van der Waals surface area contributed by atoms with E-state index in [4.69, 9.17) is 0 Å². The van der Waals surface area contributed by atoms with Crippen molar-refractivity contribution in [3.05, 3.63) is 57.9 Å². The summed E-state index contributed by atoms with van der Waals surface area (Å²) in [4.78, 5) is 27.4. The quantitative estimate of drug-likeness (QED) is 0.575. The standard InChI is InChI=1S/C19H25N5O3/c1-3-18(23-14-17(12-20-23)24(26)27)19(25)22-9-7-21(8-10-22)13-16-6-4-5-15(2)11-16/h4-6,11-12,14,18H,3,7-10,13H2,1-2H3. The van der Waals surface area contributed by atoms with Crippen molar-refractivity contribution in [3.8, 4) is 0 Å². The van der Waals surface area contributed by atoms with Crippen molar-refractivity contribution in [1.29, 1.82) is 0 Å². The van der Waals surface area contributed by atoms with Gasteiger partial charge >= 0.3 is 5.69 Å². The van der Waals surface area contributed by atoms with Crippen LogP contribution in [0.4, 0.5) is 5.69 Å². The largest absolute Gasteiger partial charge is 0.338 e. The van der Waals surface area contributed by atoms with Crippen LogP contribution in [0.15, 0.2) is 36.7 Å². The minimum absolute atomic E-state index is 0.0225. The van der Waals surface area contributed by atoms with Gasteiger partial charge in [0.05, 0.1) is 4.92 Å². The molecule has 1 fully saturated rings. The van der Waals surface area contributed by atoms with Gasteiger partial charge in [-0.15, -0.1) is 0 Å². The maximum Gasteiger partial charge on any atom is 0.307 e. The van der Waals surface area contributed by atoms with Crippen LogP contribution in [0.5, 0.6) is 0 Å². The molecule has 0 saturated carbocycles. The third-order valence-corrected chi connectivity index (χ3v) is 4.96. The number of hydrogen-bond donors (Lipinski definition) is 0. The van der Waals surface area contributed by atoms with Crippen LogP contribution in [0.2, 0.25) is 0 Å². The van der Waals surface area contributed by atoms with Gasteiger partial charge in [-0.3, -0.25) is 24.5 Å². The van der Waals surface area contributed by atoms with Gasteiger partial charge in [0.25, 0.3) is 0 Å². The lowest BCUT2D eigenvalue weighted by atomic mass is 10.1. The van der Waals surface area contributed by atoms with Crippen molar-refractivity contribution in [2.24, 2.45) is 0 Å². The highest BCUT2D eigenvalue weighted by Crippen LogP contribution is 2.19. The van der Waals surface area contributed by atoms with E-state index in [0.29, 0.717) is 19.5 Å². The number of nitrogens with zero attached hydrogens (tertiary/aromatic N) is 5. The van der Waals surface area contributed by atoms with E-state index in [0.717, 1.165) is 19.6 Å². The van der Waals surface area contributed by atoms with Crippen molar-refractivity contribution >= 4 is 11.6 Å². The molecule has 1 aliphatic rings. The SMILES string of the molecule is CCC(C(=O)N1CCN(Cc2cccc(C)c2)CC1)n1cc([N+](=O)[O-])cn1. The second kappa shape index (κ2) is 8.30. The first-order valence-electron chi connectivity index (χ1n) is 9.23. The van der Waals surface area contributed by atoms with Gasteiger partial charge in [-0.05, 0) is 18.9 Å². The van der Waals surface area contributed by atoms with Gasteiger partial charge in [0.2, 0.25) is 5.91 Å². The van der Waals surface area contributed by atoms with Crippen LogP contribution in [0.3, 0.4) is 0 Å². The summed E-state index contributed by atoms with van der Waals surface area (Å²) in [6.45, 7) is 7.81. The number of aromatic nitrogens is 2. The van der Waals surface area contributed by atoms with Gasteiger partial charge in [0, 0.05) is 32.7 Å². The minimum Gasteiger partial charge on any atom is -0.338 e. The topological polar surface area (TPSA) is 84.5 Å². The first-order valence-corrected chi connectivity index (χ1v) is 9.23. The molecule has 1 atom stereocenters. The molecule has 27 heavy (non-hydrogen) atoms. The number of piperazine rings is 1. The Morgan fingerprint density at radius 2 is 2.04 bits per heavy atom. The Labute approximate surface area is 158 Å². The number of nitro groups is 1. The van der Waals surface area contributed by atoms with Crippen molar-refractivity contribution in [2.75, 3.05) is 26.2 Å². The van der Waals surface area contributed by atoms with Crippen LogP contribution < -0.4 is 0 Å². The van der Waals surface area contributed by atoms with Crippen LogP contribution in [0.1, 0.15) is 30.5 Å². The molecule has 1 aliphatic heterocycles. The lowest BCUT2D eigenvalue weighted by molar-refractivity contribution is -0.385. The lowest BCUT2D eigenvalue weighted by Gasteiger charge is -2.36. The third-order valence-electron chi connectivity index (χ3n) is 4.96. The highest BCUT2D eigenvalue weighted by atomic mass is 16.6. The molecule has 8 heteroatoms. The normalized spacial score (nSPS) is 16.3. The van der Waals surface area contributed by atoms with E-state index in [1.54, 1.807) is 0 Å². The Hall–Kier alpha value is -2.74. The summed E-state index contributed by atoms with van der Waals surface area (Å²) in [5.41, 5.74) is 2.44. The minimum atomic E-state index is -0.498. The van der Waals surface area contributed by atoms with E-state index in [1.165, 1.54) is 28.2 Å². The molecule has 1 saturated heterocycles. The van der Waals surface area contributed by atoms with Gasteiger partial charge in [-0.25, -0.2) is 0 Å². The summed E-state index contributed by atoms with van der Waals surface area (Å²) in [5.74, 6) is -0.0225. The highest BCUT2D eigenvalue weighted by molar-refractivity contribution is 5.80. The van der Waals surface area contributed by atoms with Gasteiger partial charge in [-0.2, -0.15) is 5.10 Å². The molecule has 0 aliphatic carbocycles. The number of hydrogen-bond acceptors (Lipinski definition) is 5. The van der Waals surface area contributed by atoms with Crippen LogP contribution in [-0.2, 0) is 11.3 Å². The Kier molecular flexibility index (Phi) is 5.85. The summed E-state index contributed by atoms with van der Waals surface area (Å²) in [6, 6.07) is 7.98. The van der Waals surface area contributed by atoms with E-state index in [2.05, 4.69) is 41.2 Å². The fourth-order valence-electron chi connectivity index (χ4n) is 3.47. The van der Waals surface area contributed by atoms with Crippen LogP contribution >= 0.6 is 0 Å². The average Bonchev–Trinajstić information content (AvgIpc) is 3.13. The van der Waals surface area contributed by atoms with E-state index in [9.17, 15) is 14.9 Å². The van der Waals surface area contributed by atoms with Gasteiger partial charge in [0.1, 0.15) is 18.4 Å². The molecule has 0 spiro atoms. The van der Waals surface area contributed by atoms with Crippen molar-refractivity contribution in [2.45, 2.75) is 32.9 Å². The predicted molar refractivity (Wildman–Crippen MR) is 101 cm³/mol. The van der Waals surface area contributed by atoms with Gasteiger partial charge in [-0.1, -0.05) is 36.8 Å². The molecule has 8 nitrogen and oxygen atoms in total. The maximum atomic E-state index is 12.9. The molecule has 3 rings (SSSR count). The van der Waals surface area contributed by atoms with Gasteiger partial charge in [0.15, 0.2) is 0 Å². The number of aryl methyl sites for hydroxylation is 1. The number of carbonyl (C=O) groups is 1. The fraction of sp³-hybridized carbons (Fsp3) is 0.474. The molecule has 1 amide bonds. The second-order valence-electron chi connectivity index (χ2n) is 6.95. The molecule has 1 aromatic heterocycles. The zero-order valence-electron chi connectivity index (χ0n) is 15.7. The first kappa shape index (κ1) is 19.0. The first-order chi connectivity index (χ1) is 13.0.